The number of hydrogen-bond donors (Lipinski definition) is 2. The molecule has 0 bridgehead atoms. The van der Waals surface area contributed by atoms with Crippen LogP contribution < -0.4 is 10.6 Å². The molecule has 1 fully saturated rings. The second-order valence-electron chi connectivity index (χ2n) is 4.61. The predicted molar refractivity (Wildman–Crippen MR) is 75.3 cm³/mol. The number of piperazine rings is 1. The van der Waals surface area contributed by atoms with Gasteiger partial charge in [0.15, 0.2) is 9.84 Å². The molecule has 1 aromatic rings. The molecule has 8 heteroatoms. The molecule has 0 saturated carbocycles. The van der Waals surface area contributed by atoms with Crippen LogP contribution in [0, 0.1) is 0 Å². The Morgan fingerprint density at radius 2 is 2.15 bits per heavy atom. The van der Waals surface area contributed by atoms with Gasteiger partial charge in [-0.05, 0) is 12.1 Å². The topological polar surface area (TPSA) is 91.4 Å². The smallest absolute Gasteiger partial charge is 0.242 e. The number of aromatic nitrogens is 1. The van der Waals surface area contributed by atoms with Crippen molar-refractivity contribution in [2.24, 2.45) is 0 Å². The highest BCUT2D eigenvalue weighted by Gasteiger charge is 2.18. The van der Waals surface area contributed by atoms with Gasteiger partial charge in [-0.2, -0.15) is 0 Å². The number of hydrogen-bond acceptors (Lipinski definition) is 6. The maximum Gasteiger partial charge on any atom is 0.242 e. The lowest BCUT2D eigenvalue weighted by atomic mass is 10.3. The maximum atomic E-state index is 12.0. The number of sulfone groups is 1. The van der Waals surface area contributed by atoms with Gasteiger partial charge in [0.1, 0.15) is 10.7 Å². The van der Waals surface area contributed by atoms with E-state index in [1.54, 1.807) is 11.0 Å². The Bertz CT molecular complexity index is 582. The zero-order chi connectivity index (χ0) is 14.6. The van der Waals surface area contributed by atoms with Gasteiger partial charge < -0.3 is 15.5 Å². The highest BCUT2D eigenvalue weighted by molar-refractivity contribution is 7.90. The first-order valence-electron chi connectivity index (χ1n) is 6.36. The number of rotatable bonds is 4. The van der Waals surface area contributed by atoms with Gasteiger partial charge in [-0.15, -0.1) is 0 Å². The molecule has 1 aliphatic rings. The third-order valence-corrected chi connectivity index (χ3v) is 4.18. The highest BCUT2D eigenvalue weighted by atomic mass is 32.2. The van der Waals surface area contributed by atoms with Gasteiger partial charge in [0, 0.05) is 38.6 Å². The van der Waals surface area contributed by atoms with E-state index < -0.39 is 9.84 Å². The van der Waals surface area contributed by atoms with Crippen molar-refractivity contribution < 1.29 is 13.2 Å². The standard InChI is InChI=1S/C12H18N4O3S/c1-20(18,19)10-3-2-4-14-12(10)15-9-11(17)16-7-5-13-6-8-16/h2-4,13H,5-9H2,1H3,(H,14,15). The van der Waals surface area contributed by atoms with Crippen LogP contribution in [0.15, 0.2) is 23.2 Å². The molecule has 0 radical (unpaired) electrons. The molecule has 1 amide bonds. The molecule has 20 heavy (non-hydrogen) atoms. The number of nitrogens with zero attached hydrogens (tertiary/aromatic N) is 2. The second kappa shape index (κ2) is 6.19. The number of anilines is 1. The number of nitrogens with one attached hydrogen (secondary N) is 2. The fourth-order valence-corrected chi connectivity index (χ4v) is 2.81. The number of amides is 1. The van der Waals surface area contributed by atoms with Crippen LogP contribution in [-0.2, 0) is 14.6 Å². The molecule has 0 atom stereocenters. The summed E-state index contributed by atoms with van der Waals surface area (Å²) in [5, 5.41) is 5.98. The van der Waals surface area contributed by atoms with Gasteiger partial charge in [-0.3, -0.25) is 4.79 Å². The molecular formula is C12H18N4O3S. The molecule has 1 saturated heterocycles. The average molecular weight is 298 g/mol. The van der Waals surface area contributed by atoms with Crippen molar-refractivity contribution >= 4 is 21.6 Å². The van der Waals surface area contributed by atoms with Crippen LogP contribution in [0.4, 0.5) is 5.82 Å². The molecule has 110 valence electrons. The van der Waals surface area contributed by atoms with E-state index in [1.165, 1.54) is 12.3 Å². The van der Waals surface area contributed by atoms with Crippen LogP contribution in [0.5, 0.6) is 0 Å². The van der Waals surface area contributed by atoms with E-state index in [0.29, 0.717) is 13.1 Å². The van der Waals surface area contributed by atoms with Crippen molar-refractivity contribution in [3.05, 3.63) is 18.3 Å². The van der Waals surface area contributed by atoms with Gasteiger partial charge in [0.05, 0.1) is 6.54 Å². The summed E-state index contributed by atoms with van der Waals surface area (Å²) in [5.41, 5.74) is 0. The van der Waals surface area contributed by atoms with E-state index >= 15 is 0 Å². The van der Waals surface area contributed by atoms with Crippen LogP contribution in [0.25, 0.3) is 0 Å². The summed E-state index contributed by atoms with van der Waals surface area (Å²) < 4.78 is 23.2. The van der Waals surface area contributed by atoms with Gasteiger partial charge in [-0.1, -0.05) is 0 Å². The Balaban J connectivity index is 2.02. The Kier molecular flexibility index (Phi) is 4.56. The number of pyridine rings is 1. The first kappa shape index (κ1) is 14.7. The third-order valence-electron chi connectivity index (χ3n) is 3.05. The van der Waals surface area contributed by atoms with Crippen molar-refractivity contribution in [1.29, 1.82) is 0 Å². The lowest BCUT2D eigenvalue weighted by Crippen LogP contribution is -2.48. The normalized spacial score (nSPS) is 15.9. The predicted octanol–water partition coefficient (Wildman–Crippen LogP) is -0.671. The van der Waals surface area contributed by atoms with Crippen LogP contribution in [0.2, 0.25) is 0 Å². The lowest BCUT2D eigenvalue weighted by molar-refractivity contribution is -0.129. The van der Waals surface area contributed by atoms with E-state index in [9.17, 15) is 13.2 Å². The molecule has 1 aliphatic heterocycles. The Labute approximate surface area is 118 Å². The largest absolute Gasteiger partial charge is 0.360 e. The molecular weight excluding hydrogens is 280 g/mol. The van der Waals surface area contributed by atoms with Crippen LogP contribution >= 0.6 is 0 Å². The lowest BCUT2D eigenvalue weighted by Gasteiger charge is -2.27. The summed E-state index contributed by atoms with van der Waals surface area (Å²) in [6.07, 6.45) is 2.61. The van der Waals surface area contributed by atoms with Crippen molar-refractivity contribution in [3.63, 3.8) is 0 Å². The monoisotopic (exact) mass is 298 g/mol. The molecule has 1 aromatic heterocycles. The molecule has 0 aromatic carbocycles. The van der Waals surface area contributed by atoms with Gasteiger partial charge in [0.25, 0.3) is 0 Å². The van der Waals surface area contributed by atoms with Gasteiger partial charge >= 0.3 is 0 Å². The van der Waals surface area contributed by atoms with Crippen molar-refractivity contribution in [2.45, 2.75) is 4.90 Å². The fourth-order valence-electron chi connectivity index (χ4n) is 2.01. The maximum absolute atomic E-state index is 12.0. The summed E-state index contributed by atoms with van der Waals surface area (Å²) in [7, 11) is -3.37. The van der Waals surface area contributed by atoms with E-state index in [1.807, 2.05) is 0 Å². The van der Waals surface area contributed by atoms with E-state index in [0.717, 1.165) is 19.3 Å². The summed E-state index contributed by atoms with van der Waals surface area (Å²) >= 11 is 0. The van der Waals surface area contributed by atoms with Crippen molar-refractivity contribution in [2.75, 3.05) is 44.3 Å². The van der Waals surface area contributed by atoms with E-state index in [-0.39, 0.29) is 23.2 Å². The number of carbonyl (C=O) groups excluding carboxylic acids is 1. The Hall–Kier alpha value is -1.67. The summed E-state index contributed by atoms with van der Waals surface area (Å²) in [6.45, 7) is 2.94. The molecule has 2 N–H and O–H groups in total. The molecule has 2 heterocycles. The first-order chi connectivity index (χ1) is 9.48. The quantitative estimate of drug-likeness (QED) is 0.766. The summed E-state index contributed by atoms with van der Waals surface area (Å²) in [4.78, 5) is 17.8. The Morgan fingerprint density at radius 3 is 2.80 bits per heavy atom. The minimum Gasteiger partial charge on any atom is -0.360 e. The van der Waals surface area contributed by atoms with E-state index in [4.69, 9.17) is 0 Å². The van der Waals surface area contributed by atoms with Gasteiger partial charge in [-0.25, -0.2) is 13.4 Å². The summed E-state index contributed by atoms with van der Waals surface area (Å²) in [5.74, 6) is 0.162. The zero-order valence-electron chi connectivity index (χ0n) is 11.3. The molecule has 7 nitrogen and oxygen atoms in total. The first-order valence-corrected chi connectivity index (χ1v) is 8.25. The second-order valence-corrected chi connectivity index (χ2v) is 6.59. The van der Waals surface area contributed by atoms with Crippen molar-refractivity contribution in [3.8, 4) is 0 Å². The molecule has 0 unspecified atom stereocenters. The van der Waals surface area contributed by atoms with Crippen LogP contribution in [-0.4, -0.2) is 63.2 Å². The number of carbonyl (C=O) groups is 1. The van der Waals surface area contributed by atoms with Crippen LogP contribution in [0.3, 0.4) is 0 Å². The van der Waals surface area contributed by atoms with Gasteiger partial charge in [0.2, 0.25) is 5.91 Å². The summed E-state index contributed by atoms with van der Waals surface area (Å²) in [6, 6.07) is 3.03. The highest BCUT2D eigenvalue weighted by Crippen LogP contribution is 2.17. The minimum atomic E-state index is -3.37. The minimum absolute atomic E-state index is 0.0412. The zero-order valence-corrected chi connectivity index (χ0v) is 12.1. The van der Waals surface area contributed by atoms with Crippen LogP contribution in [0.1, 0.15) is 0 Å². The fraction of sp³-hybridized carbons (Fsp3) is 0.500. The average Bonchev–Trinajstić information content (AvgIpc) is 2.45. The molecule has 2 rings (SSSR count). The third kappa shape index (κ3) is 3.67. The van der Waals surface area contributed by atoms with Crippen molar-refractivity contribution in [1.82, 2.24) is 15.2 Å². The van der Waals surface area contributed by atoms with E-state index in [2.05, 4.69) is 15.6 Å². The Morgan fingerprint density at radius 1 is 1.45 bits per heavy atom. The SMILES string of the molecule is CS(=O)(=O)c1cccnc1NCC(=O)N1CCNCC1. The molecule has 0 spiro atoms. The molecule has 0 aliphatic carbocycles.